The number of carbonyl (C=O) groups excluding carboxylic acids is 3. The molecule has 0 radical (unpaired) electrons. The van der Waals surface area contributed by atoms with Crippen molar-refractivity contribution in [2.75, 3.05) is 6.54 Å². The fourth-order valence-electron chi connectivity index (χ4n) is 4.83. The predicted molar refractivity (Wildman–Crippen MR) is 117 cm³/mol. The van der Waals surface area contributed by atoms with E-state index in [1.807, 2.05) is 18.2 Å². The zero-order valence-electron chi connectivity index (χ0n) is 18.5. The smallest absolute Gasteiger partial charge is 0.255 e. The number of amides is 3. The number of hydrogen-bond donors (Lipinski definition) is 2. The van der Waals surface area contributed by atoms with Crippen LogP contribution in [0.4, 0.5) is 0 Å². The number of rotatable bonds is 6. The van der Waals surface area contributed by atoms with E-state index < -0.39 is 6.04 Å². The van der Waals surface area contributed by atoms with Crippen molar-refractivity contribution in [3.8, 4) is 5.75 Å². The van der Waals surface area contributed by atoms with Gasteiger partial charge in [-0.05, 0) is 61.9 Å². The molecule has 1 unspecified atom stereocenters. The van der Waals surface area contributed by atoms with E-state index in [-0.39, 0.29) is 30.2 Å². The Labute approximate surface area is 183 Å². The topological polar surface area (TPSA) is 87.7 Å². The Morgan fingerprint density at radius 3 is 2.71 bits per heavy atom. The van der Waals surface area contributed by atoms with Crippen molar-refractivity contribution in [1.82, 2.24) is 15.5 Å². The SMILES string of the molecule is CC(C)CN[C@H]1CCCCC[C@@H]1Oc1ccc2c(c1)CN(C1CCC(=O)NC1=O)C2=O. The van der Waals surface area contributed by atoms with Gasteiger partial charge in [-0.2, -0.15) is 0 Å². The quantitative estimate of drug-likeness (QED) is 0.538. The van der Waals surface area contributed by atoms with Gasteiger partial charge in [-0.25, -0.2) is 0 Å². The van der Waals surface area contributed by atoms with Gasteiger partial charge in [0, 0.05) is 24.6 Å². The van der Waals surface area contributed by atoms with E-state index in [9.17, 15) is 14.4 Å². The molecule has 0 bridgehead atoms. The van der Waals surface area contributed by atoms with Crippen LogP contribution in [0.1, 0.15) is 74.7 Å². The molecule has 3 atom stereocenters. The third-order valence-electron chi connectivity index (χ3n) is 6.52. The predicted octanol–water partition coefficient (Wildman–Crippen LogP) is 2.77. The van der Waals surface area contributed by atoms with E-state index >= 15 is 0 Å². The highest BCUT2D eigenvalue weighted by atomic mass is 16.5. The minimum Gasteiger partial charge on any atom is -0.489 e. The second kappa shape index (κ2) is 9.39. The summed E-state index contributed by atoms with van der Waals surface area (Å²) in [4.78, 5) is 38.1. The minimum absolute atomic E-state index is 0.114. The largest absolute Gasteiger partial charge is 0.489 e. The molecule has 168 valence electrons. The maximum absolute atomic E-state index is 12.9. The van der Waals surface area contributed by atoms with Crippen LogP contribution >= 0.6 is 0 Å². The highest BCUT2D eigenvalue weighted by Gasteiger charge is 2.39. The second-order valence-electron chi connectivity index (χ2n) is 9.42. The van der Waals surface area contributed by atoms with Gasteiger partial charge in [-0.1, -0.05) is 26.7 Å². The molecule has 1 aromatic carbocycles. The third kappa shape index (κ3) is 4.92. The number of imide groups is 1. The van der Waals surface area contributed by atoms with Crippen LogP contribution in [0.5, 0.6) is 5.75 Å². The van der Waals surface area contributed by atoms with Crippen LogP contribution in [-0.4, -0.2) is 47.4 Å². The number of nitrogens with one attached hydrogen (secondary N) is 2. The Kier molecular flexibility index (Phi) is 6.60. The number of benzene rings is 1. The summed E-state index contributed by atoms with van der Waals surface area (Å²) < 4.78 is 6.44. The average Bonchev–Trinajstić information content (AvgIpc) is 2.89. The van der Waals surface area contributed by atoms with Gasteiger partial charge in [0.05, 0.1) is 0 Å². The van der Waals surface area contributed by atoms with Crippen LogP contribution in [0.15, 0.2) is 18.2 Å². The Morgan fingerprint density at radius 2 is 1.94 bits per heavy atom. The Morgan fingerprint density at radius 1 is 1.13 bits per heavy atom. The van der Waals surface area contributed by atoms with Crippen molar-refractivity contribution in [2.45, 2.75) is 83.5 Å². The molecule has 3 aliphatic rings. The number of carbonyl (C=O) groups is 3. The summed E-state index contributed by atoms with van der Waals surface area (Å²) in [6.07, 6.45) is 6.50. The standard InChI is InChI=1S/C24H33N3O4/c1-15(2)13-25-19-6-4-3-5-7-21(19)31-17-8-9-18-16(12-17)14-27(24(18)30)20-10-11-22(28)26-23(20)29/h8-9,12,15,19-21,25H,3-7,10-11,13-14H2,1-2H3,(H,26,28,29)/t19-,20?,21-/m0/s1. The summed E-state index contributed by atoms with van der Waals surface area (Å²) in [6, 6.07) is 5.37. The van der Waals surface area contributed by atoms with Gasteiger partial charge in [-0.3, -0.25) is 19.7 Å². The van der Waals surface area contributed by atoms with Crippen LogP contribution < -0.4 is 15.4 Å². The van der Waals surface area contributed by atoms with Gasteiger partial charge >= 0.3 is 0 Å². The van der Waals surface area contributed by atoms with E-state index in [2.05, 4.69) is 24.5 Å². The molecule has 3 amide bonds. The lowest BCUT2D eigenvalue weighted by Gasteiger charge is -2.29. The Bertz CT molecular complexity index is 853. The molecule has 1 aromatic rings. The molecule has 1 aliphatic carbocycles. The van der Waals surface area contributed by atoms with Crippen LogP contribution in [0.25, 0.3) is 0 Å². The van der Waals surface area contributed by atoms with Gasteiger partial charge in [0.1, 0.15) is 17.9 Å². The van der Waals surface area contributed by atoms with Gasteiger partial charge in [0.2, 0.25) is 11.8 Å². The maximum atomic E-state index is 12.9. The monoisotopic (exact) mass is 427 g/mol. The lowest BCUT2D eigenvalue weighted by Crippen LogP contribution is -2.52. The second-order valence-corrected chi connectivity index (χ2v) is 9.42. The van der Waals surface area contributed by atoms with E-state index in [4.69, 9.17) is 4.74 Å². The average molecular weight is 428 g/mol. The maximum Gasteiger partial charge on any atom is 0.255 e. The molecule has 2 aliphatic heterocycles. The molecule has 7 nitrogen and oxygen atoms in total. The van der Waals surface area contributed by atoms with Gasteiger partial charge in [0.25, 0.3) is 5.91 Å². The van der Waals surface area contributed by atoms with Gasteiger partial charge < -0.3 is 15.0 Å². The highest BCUT2D eigenvalue weighted by molar-refractivity contribution is 6.05. The zero-order valence-corrected chi connectivity index (χ0v) is 18.5. The van der Waals surface area contributed by atoms with Crippen molar-refractivity contribution in [2.24, 2.45) is 5.92 Å². The van der Waals surface area contributed by atoms with Gasteiger partial charge in [0.15, 0.2) is 0 Å². The number of hydrogen-bond acceptors (Lipinski definition) is 5. The minimum atomic E-state index is -0.589. The highest BCUT2D eigenvalue weighted by Crippen LogP contribution is 2.31. The first-order valence-electron chi connectivity index (χ1n) is 11.6. The van der Waals surface area contributed by atoms with Crippen LogP contribution in [0.2, 0.25) is 0 Å². The molecule has 0 spiro atoms. The number of nitrogens with zero attached hydrogens (tertiary/aromatic N) is 1. The molecule has 7 heteroatoms. The summed E-state index contributed by atoms with van der Waals surface area (Å²) in [7, 11) is 0. The summed E-state index contributed by atoms with van der Waals surface area (Å²) in [5.41, 5.74) is 1.50. The van der Waals surface area contributed by atoms with E-state index in [1.54, 1.807) is 4.90 Å². The fourth-order valence-corrected chi connectivity index (χ4v) is 4.83. The van der Waals surface area contributed by atoms with E-state index in [0.29, 0.717) is 30.5 Å². The first-order valence-corrected chi connectivity index (χ1v) is 11.6. The molecule has 2 N–H and O–H groups in total. The summed E-state index contributed by atoms with van der Waals surface area (Å²) in [5, 5.41) is 6.04. The van der Waals surface area contributed by atoms with Crippen LogP contribution in [0, 0.1) is 5.92 Å². The Hall–Kier alpha value is -2.41. The molecular weight excluding hydrogens is 394 g/mol. The third-order valence-corrected chi connectivity index (χ3v) is 6.52. The molecule has 4 rings (SSSR count). The molecule has 1 saturated carbocycles. The van der Waals surface area contributed by atoms with Crippen molar-refractivity contribution in [1.29, 1.82) is 0 Å². The van der Waals surface area contributed by atoms with E-state index in [0.717, 1.165) is 37.1 Å². The fraction of sp³-hybridized carbons (Fsp3) is 0.625. The van der Waals surface area contributed by atoms with Crippen LogP contribution in [-0.2, 0) is 16.1 Å². The van der Waals surface area contributed by atoms with Gasteiger partial charge in [-0.15, -0.1) is 0 Å². The van der Waals surface area contributed by atoms with E-state index in [1.165, 1.54) is 12.8 Å². The number of fused-ring (bicyclic) bond motifs is 1. The lowest BCUT2D eigenvalue weighted by molar-refractivity contribution is -0.136. The molecule has 1 saturated heterocycles. The summed E-state index contributed by atoms with van der Waals surface area (Å²) in [6.45, 7) is 5.78. The first kappa shape index (κ1) is 21.8. The molecular formula is C24H33N3O4. The number of ether oxygens (including phenoxy) is 1. The molecule has 0 aromatic heterocycles. The normalized spacial score (nSPS) is 26.6. The van der Waals surface area contributed by atoms with Crippen molar-refractivity contribution < 1.29 is 19.1 Å². The number of piperidine rings is 1. The molecule has 2 heterocycles. The molecule has 31 heavy (non-hydrogen) atoms. The van der Waals surface area contributed by atoms with Crippen molar-refractivity contribution >= 4 is 17.7 Å². The molecule has 2 fully saturated rings. The summed E-state index contributed by atoms with van der Waals surface area (Å²) >= 11 is 0. The van der Waals surface area contributed by atoms with Crippen molar-refractivity contribution in [3.63, 3.8) is 0 Å². The van der Waals surface area contributed by atoms with Crippen molar-refractivity contribution in [3.05, 3.63) is 29.3 Å². The van der Waals surface area contributed by atoms with Crippen LogP contribution in [0.3, 0.4) is 0 Å². The Balaban J connectivity index is 1.46. The first-order chi connectivity index (χ1) is 14.9. The summed E-state index contributed by atoms with van der Waals surface area (Å²) in [5.74, 6) is 0.562. The lowest BCUT2D eigenvalue weighted by atomic mass is 10.0. The zero-order chi connectivity index (χ0) is 22.0.